The van der Waals surface area contributed by atoms with Gasteiger partial charge < -0.3 is 10.2 Å². The Morgan fingerprint density at radius 2 is 1.91 bits per heavy atom. The van der Waals surface area contributed by atoms with Crippen molar-refractivity contribution in [3.05, 3.63) is 24.3 Å². The Labute approximate surface area is 132 Å². The maximum absolute atomic E-state index is 4.89. The van der Waals surface area contributed by atoms with Gasteiger partial charge in [-0.05, 0) is 63.2 Å². The van der Waals surface area contributed by atoms with Crippen LogP contribution in [0.25, 0.3) is 10.9 Å². The molecule has 0 amide bonds. The van der Waals surface area contributed by atoms with E-state index in [4.69, 9.17) is 5.10 Å². The van der Waals surface area contributed by atoms with Crippen molar-refractivity contribution >= 4 is 16.7 Å². The van der Waals surface area contributed by atoms with E-state index in [0.717, 1.165) is 12.5 Å². The monoisotopic (exact) mass is 298 g/mol. The summed E-state index contributed by atoms with van der Waals surface area (Å²) in [6, 6.07) is 9.32. The summed E-state index contributed by atoms with van der Waals surface area (Å²) < 4.78 is 2.04. The van der Waals surface area contributed by atoms with Crippen molar-refractivity contribution in [1.29, 1.82) is 0 Å². The topological polar surface area (TPSA) is 33.1 Å². The number of aromatic nitrogens is 2. The van der Waals surface area contributed by atoms with Crippen molar-refractivity contribution in [2.24, 2.45) is 13.0 Å². The molecule has 4 heteroatoms. The van der Waals surface area contributed by atoms with E-state index in [9.17, 15) is 0 Å². The molecular formula is C18H26N4. The summed E-state index contributed by atoms with van der Waals surface area (Å²) in [4.78, 5) is 2.63. The number of hydrogen-bond donors (Lipinski definition) is 1. The van der Waals surface area contributed by atoms with Crippen LogP contribution in [-0.4, -0.2) is 35.5 Å². The standard InChI is InChI=1S/C18H26N4/c1-21-17-8-3-2-6-15(17)18(20-21)22-13-5-4-7-16(22)14-9-11-19-12-10-14/h2-3,6,8,14,16,19H,4-5,7,9-13H2,1H3. The average Bonchev–Trinajstić information content (AvgIpc) is 2.93. The normalized spacial score (nSPS) is 24.0. The highest BCUT2D eigenvalue weighted by Crippen LogP contribution is 2.35. The van der Waals surface area contributed by atoms with Crippen LogP contribution in [0, 0.1) is 5.92 Å². The van der Waals surface area contributed by atoms with E-state index < -0.39 is 0 Å². The smallest absolute Gasteiger partial charge is 0.158 e. The highest BCUT2D eigenvalue weighted by Gasteiger charge is 2.32. The summed E-state index contributed by atoms with van der Waals surface area (Å²) in [5.41, 5.74) is 1.24. The van der Waals surface area contributed by atoms with Gasteiger partial charge in [0, 0.05) is 25.0 Å². The van der Waals surface area contributed by atoms with Crippen LogP contribution in [0.15, 0.2) is 24.3 Å². The Bertz CT molecular complexity index is 642. The number of fused-ring (bicyclic) bond motifs is 1. The molecule has 0 bridgehead atoms. The SMILES string of the molecule is Cn1nc(N2CCCCC2C2CCNCC2)c2ccccc21. The van der Waals surface area contributed by atoms with Gasteiger partial charge in [0.25, 0.3) is 0 Å². The lowest BCUT2D eigenvalue weighted by atomic mass is 9.84. The number of nitrogens with one attached hydrogen (secondary N) is 1. The van der Waals surface area contributed by atoms with E-state index in [1.807, 2.05) is 4.68 Å². The molecule has 118 valence electrons. The minimum absolute atomic E-state index is 0.675. The highest BCUT2D eigenvalue weighted by molar-refractivity contribution is 5.90. The Hall–Kier alpha value is -1.55. The number of benzene rings is 1. The lowest BCUT2D eigenvalue weighted by molar-refractivity contribution is 0.272. The zero-order valence-corrected chi connectivity index (χ0v) is 13.5. The Kier molecular flexibility index (Phi) is 3.78. The molecule has 1 unspecified atom stereocenters. The third-order valence-corrected chi connectivity index (χ3v) is 5.49. The van der Waals surface area contributed by atoms with Crippen LogP contribution in [-0.2, 0) is 7.05 Å². The third kappa shape index (κ3) is 2.39. The molecule has 0 saturated carbocycles. The van der Waals surface area contributed by atoms with Gasteiger partial charge in [0.1, 0.15) is 0 Å². The molecule has 4 rings (SSSR count). The second-order valence-electron chi connectivity index (χ2n) is 6.81. The van der Waals surface area contributed by atoms with Crippen molar-refractivity contribution in [1.82, 2.24) is 15.1 Å². The van der Waals surface area contributed by atoms with Gasteiger partial charge >= 0.3 is 0 Å². The Morgan fingerprint density at radius 1 is 1.09 bits per heavy atom. The largest absolute Gasteiger partial charge is 0.351 e. The first kappa shape index (κ1) is 14.1. The van der Waals surface area contributed by atoms with Crippen LogP contribution < -0.4 is 10.2 Å². The lowest BCUT2D eigenvalue weighted by Gasteiger charge is -2.42. The van der Waals surface area contributed by atoms with Crippen molar-refractivity contribution in [2.45, 2.75) is 38.1 Å². The summed E-state index contributed by atoms with van der Waals surface area (Å²) >= 11 is 0. The lowest BCUT2D eigenvalue weighted by Crippen LogP contribution is -2.47. The number of aryl methyl sites for hydroxylation is 1. The van der Waals surface area contributed by atoms with Gasteiger partial charge in [-0.1, -0.05) is 12.1 Å². The summed E-state index contributed by atoms with van der Waals surface area (Å²) in [6.07, 6.45) is 6.62. The van der Waals surface area contributed by atoms with E-state index in [2.05, 4.69) is 41.5 Å². The quantitative estimate of drug-likeness (QED) is 0.925. The van der Waals surface area contributed by atoms with Gasteiger partial charge in [-0.2, -0.15) is 5.10 Å². The van der Waals surface area contributed by atoms with E-state index in [1.165, 1.54) is 61.9 Å². The fourth-order valence-corrected chi connectivity index (χ4v) is 4.35. The maximum atomic E-state index is 4.89. The van der Waals surface area contributed by atoms with E-state index in [-0.39, 0.29) is 0 Å². The number of piperidine rings is 2. The second-order valence-corrected chi connectivity index (χ2v) is 6.81. The summed E-state index contributed by atoms with van der Waals surface area (Å²) in [6.45, 7) is 3.52. The molecule has 2 aromatic rings. The fourth-order valence-electron chi connectivity index (χ4n) is 4.35. The van der Waals surface area contributed by atoms with Gasteiger partial charge in [0.15, 0.2) is 5.82 Å². The molecule has 2 aliphatic rings. The molecule has 2 saturated heterocycles. The molecule has 0 radical (unpaired) electrons. The van der Waals surface area contributed by atoms with Crippen LogP contribution in [0.3, 0.4) is 0 Å². The zero-order chi connectivity index (χ0) is 14.9. The van der Waals surface area contributed by atoms with Gasteiger partial charge in [-0.15, -0.1) is 0 Å². The van der Waals surface area contributed by atoms with E-state index in [1.54, 1.807) is 0 Å². The van der Waals surface area contributed by atoms with Crippen molar-refractivity contribution < 1.29 is 0 Å². The van der Waals surface area contributed by atoms with E-state index in [0.29, 0.717) is 6.04 Å². The molecule has 4 nitrogen and oxygen atoms in total. The minimum Gasteiger partial charge on any atom is -0.351 e. The van der Waals surface area contributed by atoms with Gasteiger partial charge in [0.2, 0.25) is 0 Å². The molecule has 1 N–H and O–H groups in total. The van der Waals surface area contributed by atoms with Crippen LogP contribution >= 0.6 is 0 Å². The van der Waals surface area contributed by atoms with Crippen LogP contribution in [0.1, 0.15) is 32.1 Å². The number of rotatable bonds is 2. The Balaban J connectivity index is 1.70. The number of para-hydroxylation sites is 1. The molecule has 22 heavy (non-hydrogen) atoms. The molecule has 0 spiro atoms. The second kappa shape index (κ2) is 5.92. The fraction of sp³-hybridized carbons (Fsp3) is 0.611. The number of anilines is 1. The predicted octanol–water partition coefficient (Wildman–Crippen LogP) is 2.93. The predicted molar refractivity (Wildman–Crippen MR) is 91.3 cm³/mol. The van der Waals surface area contributed by atoms with Crippen LogP contribution in [0.2, 0.25) is 0 Å². The molecule has 1 atom stereocenters. The summed E-state index contributed by atoms with van der Waals surface area (Å²) in [5.74, 6) is 2.03. The van der Waals surface area contributed by atoms with Crippen LogP contribution in [0.4, 0.5) is 5.82 Å². The maximum Gasteiger partial charge on any atom is 0.158 e. The first-order chi connectivity index (χ1) is 10.8. The molecule has 1 aromatic heterocycles. The van der Waals surface area contributed by atoms with Gasteiger partial charge in [-0.25, -0.2) is 0 Å². The molecule has 1 aromatic carbocycles. The highest BCUT2D eigenvalue weighted by atomic mass is 15.4. The van der Waals surface area contributed by atoms with Crippen molar-refractivity contribution in [3.8, 4) is 0 Å². The first-order valence-corrected chi connectivity index (χ1v) is 8.73. The molecular weight excluding hydrogens is 272 g/mol. The molecule has 0 aliphatic carbocycles. The van der Waals surface area contributed by atoms with E-state index >= 15 is 0 Å². The van der Waals surface area contributed by atoms with Gasteiger partial charge in [-0.3, -0.25) is 4.68 Å². The Morgan fingerprint density at radius 3 is 2.77 bits per heavy atom. The molecule has 2 fully saturated rings. The van der Waals surface area contributed by atoms with Crippen molar-refractivity contribution in [3.63, 3.8) is 0 Å². The van der Waals surface area contributed by atoms with Crippen LogP contribution in [0.5, 0.6) is 0 Å². The van der Waals surface area contributed by atoms with Gasteiger partial charge in [0.05, 0.1) is 5.52 Å². The minimum atomic E-state index is 0.675. The summed E-state index contributed by atoms with van der Waals surface area (Å²) in [7, 11) is 2.06. The molecule has 3 heterocycles. The average molecular weight is 298 g/mol. The summed E-state index contributed by atoms with van der Waals surface area (Å²) in [5, 5.41) is 9.70. The number of hydrogen-bond acceptors (Lipinski definition) is 3. The third-order valence-electron chi connectivity index (χ3n) is 5.49. The molecule has 2 aliphatic heterocycles. The zero-order valence-electron chi connectivity index (χ0n) is 13.5. The van der Waals surface area contributed by atoms with Crippen molar-refractivity contribution in [2.75, 3.05) is 24.5 Å². The first-order valence-electron chi connectivity index (χ1n) is 8.73. The number of nitrogens with zero attached hydrogens (tertiary/aromatic N) is 3.